The Morgan fingerprint density at radius 3 is 2.50 bits per heavy atom. The van der Waals surface area contributed by atoms with Crippen molar-refractivity contribution < 1.29 is 9.59 Å². The molecule has 0 unspecified atom stereocenters. The van der Waals surface area contributed by atoms with Gasteiger partial charge in [-0.2, -0.15) is 0 Å². The number of hydrogen-bond acceptors (Lipinski definition) is 4. The van der Waals surface area contributed by atoms with Gasteiger partial charge >= 0.3 is 0 Å². The van der Waals surface area contributed by atoms with E-state index in [4.69, 9.17) is 4.98 Å². The zero-order valence-corrected chi connectivity index (χ0v) is 15.3. The Balaban J connectivity index is 1.82. The van der Waals surface area contributed by atoms with Crippen LogP contribution in [0.1, 0.15) is 29.4 Å². The predicted octanol–water partition coefficient (Wildman–Crippen LogP) is 4.16. The van der Waals surface area contributed by atoms with Gasteiger partial charge in [0.2, 0.25) is 5.91 Å². The maximum absolute atomic E-state index is 12.9. The summed E-state index contributed by atoms with van der Waals surface area (Å²) in [7, 11) is 0. The third-order valence-corrected chi connectivity index (χ3v) is 5.60. The summed E-state index contributed by atoms with van der Waals surface area (Å²) in [6.45, 7) is 3.00. The minimum Gasteiger partial charge on any atom is -0.338 e. The molecule has 1 aliphatic heterocycles. The zero-order valence-electron chi connectivity index (χ0n) is 14.5. The van der Waals surface area contributed by atoms with Gasteiger partial charge in [0.15, 0.2) is 0 Å². The van der Waals surface area contributed by atoms with Crippen molar-refractivity contribution in [3.8, 4) is 11.3 Å². The van der Waals surface area contributed by atoms with Gasteiger partial charge in [-0.25, -0.2) is 4.98 Å². The smallest absolute Gasteiger partial charge is 0.266 e. The summed E-state index contributed by atoms with van der Waals surface area (Å²) in [5.41, 5.74) is 2.46. The number of anilines is 1. The highest BCUT2D eigenvalue weighted by Gasteiger charge is 2.26. The van der Waals surface area contributed by atoms with Crippen LogP contribution in [0, 0.1) is 0 Å². The van der Waals surface area contributed by atoms with Crippen LogP contribution >= 0.6 is 11.3 Å². The minimum absolute atomic E-state index is 0.0180. The molecule has 0 spiro atoms. The summed E-state index contributed by atoms with van der Waals surface area (Å²) >= 11 is 1.35. The molecule has 0 bridgehead atoms. The van der Waals surface area contributed by atoms with Gasteiger partial charge in [0, 0.05) is 31.0 Å². The molecule has 0 saturated carbocycles. The molecule has 0 aliphatic carbocycles. The lowest BCUT2D eigenvalue weighted by atomic mass is 10.1. The average molecular weight is 365 g/mol. The molecule has 132 valence electrons. The van der Waals surface area contributed by atoms with E-state index in [9.17, 15) is 9.59 Å². The first-order valence-corrected chi connectivity index (χ1v) is 9.51. The lowest BCUT2D eigenvalue weighted by Crippen LogP contribution is -2.27. The van der Waals surface area contributed by atoms with E-state index in [1.807, 2.05) is 47.4 Å². The molecule has 3 heterocycles. The van der Waals surface area contributed by atoms with E-state index in [1.165, 1.54) is 18.3 Å². The van der Waals surface area contributed by atoms with E-state index >= 15 is 0 Å². The summed E-state index contributed by atoms with van der Waals surface area (Å²) in [6, 6.07) is 13.8. The molecule has 2 amide bonds. The largest absolute Gasteiger partial charge is 0.338 e. The number of aromatic nitrogens is 1. The van der Waals surface area contributed by atoms with Gasteiger partial charge in [-0.1, -0.05) is 30.3 Å². The number of carbonyl (C=O) groups excluding carboxylic acids is 2. The first kappa shape index (κ1) is 16.7. The first-order valence-electron chi connectivity index (χ1n) is 8.69. The van der Waals surface area contributed by atoms with Gasteiger partial charge in [0.05, 0.1) is 11.4 Å². The first-order chi connectivity index (χ1) is 12.6. The van der Waals surface area contributed by atoms with E-state index in [0.29, 0.717) is 10.6 Å². The number of carbonyl (C=O) groups is 2. The summed E-state index contributed by atoms with van der Waals surface area (Å²) in [6.07, 6.45) is 2.06. The van der Waals surface area contributed by atoms with Crippen LogP contribution in [0.2, 0.25) is 0 Å². The molecule has 2 aromatic heterocycles. The Kier molecular flexibility index (Phi) is 4.42. The van der Waals surface area contributed by atoms with Crippen LogP contribution in [0.15, 0.2) is 42.5 Å². The Hall–Kier alpha value is -2.73. The molecular formula is C20H19N3O2S. The molecule has 0 atom stereocenters. The lowest BCUT2D eigenvalue weighted by Gasteiger charge is -2.15. The third-order valence-electron chi connectivity index (χ3n) is 4.51. The Morgan fingerprint density at radius 2 is 1.81 bits per heavy atom. The van der Waals surface area contributed by atoms with E-state index in [0.717, 1.165) is 47.4 Å². The number of nitrogens with zero attached hydrogens (tertiary/aromatic N) is 2. The molecule has 3 aromatic rings. The number of amides is 2. The summed E-state index contributed by atoms with van der Waals surface area (Å²) in [4.78, 5) is 32.5. The minimum atomic E-state index is -0.188. The fourth-order valence-corrected chi connectivity index (χ4v) is 4.36. The quantitative estimate of drug-likeness (QED) is 0.758. The van der Waals surface area contributed by atoms with Gasteiger partial charge in [0.25, 0.3) is 5.91 Å². The molecule has 0 radical (unpaired) electrons. The Labute approximate surface area is 155 Å². The van der Waals surface area contributed by atoms with Crippen LogP contribution in [0.5, 0.6) is 0 Å². The van der Waals surface area contributed by atoms with E-state index in [-0.39, 0.29) is 11.8 Å². The molecule has 6 heteroatoms. The van der Waals surface area contributed by atoms with Crippen molar-refractivity contribution in [2.24, 2.45) is 0 Å². The van der Waals surface area contributed by atoms with Gasteiger partial charge in [0.1, 0.15) is 9.71 Å². The van der Waals surface area contributed by atoms with Crippen molar-refractivity contribution in [2.45, 2.75) is 19.8 Å². The number of rotatable bonds is 3. The zero-order chi connectivity index (χ0) is 18.1. The van der Waals surface area contributed by atoms with Gasteiger partial charge in [-0.15, -0.1) is 11.3 Å². The molecule has 1 saturated heterocycles. The second-order valence-electron chi connectivity index (χ2n) is 6.40. The third kappa shape index (κ3) is 3.08. The number of hydrogen-bond donors (Lipinski definition) is 1. The van der Waals surface area contributed by atoms with E-state index in [2.05, 4.69) is 5.32 Å². The molecule has 5 nitrogen and oxygen atoms in total. The van der Waals surface area contributed by atoms with Crippen LogP contribution in [-0.2, 0) is 4.79 Å². The number of benzene rings is 1. The van der Waals surface area contributed by atoms with E-state index in [1.54, 1.807) is 0 Å². The lowest BCUT2D eigenvalue weighted by molar-refractivity contribution is -0.114. The molecule has 1 fully saturated rings. The second kappa shape index (κ2) is 6.88. The highest BCUT2D eigenvalue weighted by molar-refractivity contribution is 7.21. The molecule has 1 aliphatic rings. The predicted molar refractivity (Wildman–Crippen MR) is 104 cm³/mol. The van der Waals surface area contributed by atoms with Gasteiger partial charge < -0.3 is 10.2 Å². The molecular weight excluding hydrogens is 346 g/mol. The normalized spacial score (nSPS) is 14.0. The van der Waals surface area contributed by atoms with Crippen molar-refractivity contribution in [1.29, 1.82) is 0 Å². The topological polar surface area (TPSA) is 62.3 Å². The van der Waals surface area contributed by atoms with Crippen molar-refractivity contribution in [1.82, 2.24) is 9.88 Å². The Bertz CT molecular complexity index is 975. The van der Waals surface area contributed by atoms with E-state index < -0.39 is 0 Å². The van der Waals surface area contributed by atoms with Gasteiger partial charge in [-0.05, 0) is 25.0 Å². The van der Waals surface area contributed by atoms with Crippen LogP contribution in [0.3, 0.4) is 0 Å². The monoisotopic (exact) mass is 365 g/mol. The van der Waals surface area contributed by atoms with Crippen LogP contribution in [-0.4, -0.2) is 34.8 Å². The maximum atomic E-state index is 12.9. The number of fused-ring (bicyclic) bond motifs is 1. The summed E-state index contributed by atoms with van der Waals surface area (Å²) in [5, 5.41) is 3.66. The number of likely N-dealkylation sites (tertiary alicyclic amines) is 1. The van der Waals surface area contributed by atoms with Crippen LogP contribution < -0.4 is 5.32 Å². The fourth-order valence-electron chi connectivity index (χ4n) is 3.26. The highest BCUT2D eigenvalue weighted by Crippen LogP contribution is 2.37. The van der Waals surface area contributed by atoms with Gasteiger partial charge in [-0.3, -0.25) is 9.59 Å². The SMILES string of the molecule is CC(=O)Nc1c(C(=O)N2CCCC2)sc2nc(-c3ccccc3)ccc12. The number of pyridine rings is 1. The molecule has 4 rings (SSSR count). The van der Waals surface area contributed by atoms with Crippen LogP contribution in [0.25, 0.3) is 21.5 Å². The van der Waals surface area contributed by atoms with Crippen molar-refractivity contribution in [3.63, 3.8) is 0 Å². The second-order valence-corrected chi connectivity index (χ2v) is 7.40. The average Bonchev–Trinajstić information content (AvgIpc) is 3.30. The number of thiophene rings is 1. The molecule has 1 aromatic carbocycles. The van der Waals surface area contributed by atoms with Crippen molar-refractivity contribution in [2.75, 3.05) is 18.4 Å². The molecule has 1 N–H and O–H groups in total. The summed E-state index contributed by atoms with van der Waals surface area (Å²) in [5.74, 6) is -0.206. The van der Waals surface area contributed by atoms with Crippen LogP contribution in [0.4, 0.5) is 5.69 Å². The standard InChI is InChI=1S/C20H19N3O2S/c1-13(24)21-17-15-9-10-16(14-7-3-2-4-8-14)22-19(15)26-18(17)20(25)23-11-5-6-12-23/h2-4,7-10H,5-6,11-12H2,1H3,(H,21,24). The molecule has 26 heavy (non-hydrogen) atoms. The fraction of sp³-hybridized carbons (Fsp3) is 0.250. The Morgan fingerprint density at radius 1 is 1.08 bits per heavy atom. The maximum Gasteiger partial charge on any atom is 0.266 e. The highest BCUT2D eigenvalue weighted by atomic mass is 32.1. The summed E-state index contributed by atoms with van der Waals surface area (Å²) < 4.78 is 0. The van der Waals surface area contributed by atoms with Crippen molar-refractivity contribution in [3.05, 3.63) is 47.3 Å². The van der Waals surface area contributed by atoms with Crippen molar-refractivity contribution >= 4 is 39.1 Å². The number of nitrogens with one attached hydrogen (secondary N) is 1.